The van der Waals surface area contributed by atoms with Crippen molar-refractivity contribution >= 4 is 0 Å². The first-order valence-corrected chi connectivity index (χ1v) is 13.1. The van der Waals surface area contributed by atoms with Crippen molar-refractivity contribution in [1.29, 1.82) is 0 Å². The molecule has 0 amide bonds. The molecule has 0 spiro atoms. The summed E-state index contributed by atoms with van der Waals surface area (Å²) in [6.07, 6.45) is 15.8. The van der Waals surface area contributed by atoms with Crippen LogP contribution in [-0.2, 0) is 0 Å². The second-order valence-corrected chi connectivity index (χ2v) is 13.0. The van der Waals surface area contributed by atoms with E-state index in [4.69, 9.17) is 0 Å². The first kappa shape index (κ1) is 21.0. The minimum Gasteiger partial charge on any atom is -0.386 e. The van der Waals surface area contributed by atoms with Crippen molar-refractivity contribution < 1.29 is 0 Å². The Morgan fingerprint density at radius 3 is 1.43 bits per heavy atom. The molecule has 0 radical (unpaired) electrons. The van der Waals surface area contributed by atoms with E-state index in [-0.39, 0.29) is 0 Å². The van der Waals surface area contributed by atoms with Gasteiger partial charge in [0.25, 0.3) is 0 Å². The monoisotopic (exact) mass is 410 g/mol. The van der Waals surface area contributed by atoms with Gasteiger partial charge in [-0.05, 0) is 97.3 Å². The zero-order valence-corrected chi connectivity index (χ0v) is 20.4. The first-order valence-electron chi connectivity index (χ1n) is 13.1. The molecule has 168 valence electrons. The quantitative estimate of drug-likeness (QED) is 0.542. The van der Waals surface area contributed by atoms with Gasteiger partial charge in [-0.2, -0.15) is 0 Å². The predicted molar refractivity (Wildman–Crippen MR) is 127 cm³/mol. The van der Waals surface area contributed by atoms with Crippen molar-refractivity contribution in [1.82, 2.24) is 10.6 Å². The molecule has 0 aromatic heterocycles. The maximum Gasteiger partial charge on any atom is 0.0457 e. The molecule has 0 aromatic rings. The number of hydrogen-bond acceptors (Lipinski definition) is 2. The van der Waals surface area contributed by atoms with Crippen LogP contribution in [0.3, 0.4) is 0 Å². The van der Waals surface area contributed by atoms with Gasteiger partial charge in [0.05, 0.1) is 0 Å². The second kappa shape index (κ2) is 7.31. The Balaban J connectivity index is 1.21. The summed E-state index contributed by atoms with van der Waals surface area (Å²) in [4.78, 5) is 0. The van der Waals surface area contributed by atoms with Crippen LogP contribution in [0.15, 0.2) is 23.5 Å². The first-order chi connectivity index (χ1) is 14.2. The van der Waals surface area contributed by atoms with Crippen molar-refractivity contribution in [2.75, 3.05) is 0 Å². The molecule has 30 heavy (non-hydrogen) atoms. The van der Waals surface area contributed by atoms with Gasteiger partial charge in [-0.15, -0.1) is 0 Å². The largest absolute Gasteiger partial charge is 0.386 e. The Hall–Kier alpha value is -0.920. The van der Waals surface area contributed by atoms with Gasteiger partial charge in [0.2, 0.25) is 0 Å². The molecule has 7 fully saturated rings. The molecule has 8 atom stereocenters. The van der Waals surface area contributed by atoms with E-state index in [1.807, 2.05) is 0 Å². The zero-order valence-electron chi connectivity index (χ0n) is 20.4. The van der Waals surface area contributed by atoms with E-state index in [0.717, 1.165) is 35.5 Å². The van der Waals surface area contributed by atoms with Crippen LogP contribution >= 0.6 is 0 Å². The molecule has 0 aromatic carbocycles. The molecule has 2 nitrogen and oxygen atoms in total. The average Bonchev–Trinajstić information content (AvgIpc) is 2.71. The van der Waals surface area contributed by atoms with E-state index in [2.05, 4.69) is 64.6 Å². The molecule has 7 aliphatic rings. The molecular formula is C28H46N2. The Kier molecular flexibility index (Phi) is 5.10. The number of fused-ring (bicyclic) bond motifs is 4. The van der Waals surface area contributed by atoms with E-state index >= 15 is 0 Å². The van der Waals surface area contributed by atoms with Crippen molar-refractivity contribution in [3.63, 3.8) is 0 Å². The fraction of sp³-hybridized carbons (Fsp3) is 0.857. The fourth-order valence-corrected chi connectivity index (χ4v) is 8.30. The molecule has 0 aliphatic heterocycles. The highest BCUT2D eigenvalue weighted by Gasteiger charge is 2.55. The molecule has 2 heteroatoms. The maximum atomic E-state index is 3.92. The summed E-state index contributed by atoms with van der Waals surface area (Å²) in [6, 6.07) is 1.18. The van der Waals surface area contributed by atoms with Gasteiger partial charge in [0, 0.05) is 12.1 Å². The Morgan fingerprint density at radius 1 is 0.700 bits per heavy atom. The van der Waals surface area contributed by atoms with Gasteiger partial charge < -0.3 is 10.6 Å². The molecule has 2 N–H and O–H groups in total. The van der Waals surface area contributed by atoms with Crippen LogP contribution in [-0.4, -0.2) is 12.1 Å². The van der Waals surface area contributed by atoms with E-state index in [0.29, 0.717) is 22.9 Å². The Labute approximate surface area is 185 Å². The highest BCUT2D eigenvalue weighted by Crippen LogP contribution is 2.63. The summed E-state index contributed by atoms with van der Waals surface area (Å²) in [6.45, 7) is 15.0. The molecule has 0 saturated heterocycles. The molecule has 7 saturated carbocycles. The van der Waals surface area contributed by atoms with Gasteiger partial charge in [0.15, 0.2) is 0 Å². The highest BCUT2D eigenvalue weighted by atomic mass is 15.0. The molecule has 4 bridgehead atoms. The van der Waals surface area contributed by atoms with Gasteiger partial charge >= 0.3 is 0 Å². The lowest BCUT2D eigenvalue weighted by molar-refractivity contribution is -0.0728. The van der Waals surface area contributed by atoms with Gasteiger partial charge in [-0.1, -0.05) is 65.5 Å². The Bertz CT molecular complexity index is 667. The molecule has 7 aliphatic carbocycles. The summed E-state index contributed by atoms with van der Waals surface area (Å²) in [5.41, 5.74) is 4.54. The lowest BCUT2D eigenvalue weighted by Crippen LogP contribution is -2.53. The third-order valence-electron chi connectivity index (χ3n) is 11.2. The lowest BCUT2D eigenvalue weighted by atomic mass is 9.45. The minimum atomic E-state index is 0.573. The van der Waals surface area contributed by atoms with E-state index in [9.17, 15) is 0 Å². The van der Waals surface area contributed by atoms with Gasteiger partial charge in [-0.25, -0.2) is 0 Å². The van der Waals surface area contributed by atoms with Crippen LogP contribution in [0.1, 0.15) is 92.9 Å². The summed E-state index contributed by atoms with van der Waals surface area (Å²) in [7, 11) is 0. The van der Waals surface area contributed by atoms with Crippen LogP contribution in [0, 0.1) is 46.3 Å². The van der Waals surface area contributed by atoms with Crippen molar-refractivity contribution in [3.8, 4) is 0 Å². The highest BCUT2D eigenvalue weighted by molar-refractivity contribution is 5.22. The maximum absolute atomic E-state index is 3.92. The second-order valence-electron chi connectivity index (χ2n) is 13.0. The molecule has 8 unspecified atom stereocenters. The van der Waals surface area contributed by atoms with Gasteiger partial charge in [-0.3, -0.25) is 0 Å². The number of hydrogen-bond donors (Lipinski definition) is 2. The van der Waals surface area contributed by atoms with Crippen LogP contribution in [0.25, 0.3) is 0 Å². The zero-order chi connectivity index (χ0) is 21.3. The molecular weight excluding hydrogens is 364 g/mol. The third-order valence-corrected chi connectivity index (χ3v) is 11.2. The minimum absolute atomic E-state index is 0.573. The summed E-state index contributed by atoms with van der Waals surface area (Å²) in [5.74, 6) is 5.15. The van der Waals surface area contributed by atoms with Crippen LogP contribution in [0.4, 0.5) is 0 Å². The van der Waals surface area contributed by atoms with Crippen LogP contribution in [0.5, 0.6) is 0 Å². The summed E-state index contributed by atoms with van der Waals surface area (Å²) >= 11 is 0. The summed E-state index contributed by atoms with van der Waals surface area (Å²) < 4.78 is 0. The number of rotatable bonds is 4. The topological polar surface area (TPSA) is 24.1 Å². The van der Waals surface area contributed by atoms with Gasteiger partial charge in [0.1, 0.15) is 0 Å². The Morgan fingerprint density at radius 2 is 1.10 bits per heavy atom. The lowest BCUT2D eigenvalue weighted by Gasteiger charge is -2.60. The number of nitrogens with one attached hydrogen (secondary N) is 2. The molecule has 7 rings (SSSR count). The van der Waals surface area contributed by atoms with Crippen LogP contribution < -0.4 is 10.6 Å². The fourth-order valence-electron chi connectivity index (χ4n) is 8.30. The smallest absolute Gasteiger partial charge is 0.0457 e. The van der Waals surface area contributed by atoms with Crippen LogP contribution in [0.2, 0.25) is 0 Å². The van der Waals surface area contributed by atoms with E-state index in [1.165, 1.54) is 51.4 Å². The number of allylic oxidation sites excluding steroid dienone is 2. The van der Waals surface area contributed by atoms with E-state index < -0.39 is 0 Å². The standard InChI is InChI=1S/C28H46N2/c1-17-19(11-21-13-23(17)27(21,3)4)15-29-25-9-7-8-10-26(25)30-16-20-12-22-14-24(18(20)2)28(22,5)6/h15-18,21-26,29-30H,7-14H2,1-6H3. The van der Waals surface area contributed by atoms with Crippen molar-refractivity contribution in [3.05, 3.63) is 23.5 Å². The summed E-state index contributed by atoms with van der Waals surface area (Å²) in [5, 5.41) is 7.83. The van der Waals surface area contributed by atoms with E-state index in [1.54, 1.807) is 11.1 Å². The predicted octanol–water partition coefficient (Wildman–Crippen LogP) is 6.65. The van der Waals surface area contributed by atoms with Crippen molar-refractivity contribution in [2.45, 2.75) is 105 Å². The third kappa shape index (κ3) is 3.18. The normalized spacial score (nSPS) is 48.6. The van der Waals surface area contributed by atoms with Crippen molar-refractivity contribution in [2.24, 2.45) is 46.3 Å². The average molecular weight is 411 g/mol. The SMILES string of the molecule is CC1C(=CNC2CCCCC2NC=C2CC3CC(C2C)C3(C)C)CC2CC1C2(C)C. The molecule has 0 heterocycles.